The molecule has 1 heterocycles. The van der Waals surface area contributed by atoms with Crippen molar-refractivity contribution in [2.45, 2.75) is 10.9 Å². The summed E-state index contributed by atoms with van der Waals surface area (Å²) in [6, 6.07) is 30.3. The van der Waals surface area contributed by atoms with Crippen molar-refractivity contribution in [3.63, 3.8) is 0 Å². The van der Waals surface area contributed by atoms with Crippen molar-refractivity contribution < 1.29 is 0 Å². The van der Waals surface area contributed by atoms with Crippen LogP contribution in [0.2, 0.25) is 10.0 Å². The molecular formula is C25H17Cl2N3S. The summed E-state index contributed by atoms with van der Waals surface area (Å²) in [6.45, 7) is 0. The highest BCUT2D eigenvalue weighted by Crippen LogP contribution is 2.31. The van der Waals surface area contributed by atoms with Crippen LogP contribution in [0.25, 0.3) is 27.8 Å². The second kappa shape index (κ2) is 8.75. The average Bonchev–Trinajstić information content (AvgIpc) is 3.22. The van der Waals surface area contributed by atoms with Gasteiger partial charge in [-0.15, -0.1) is 10.2 Å². The molecule has 0 N–H and O–H groups in total. The molecule has 4 aromatic carbocycles. The molecule has 0 saturated carbocycles. The van der Waals surface area contributed by atoms with Crippen molar-refractivity contribution >= 4 is 45.7 Å². The van der Waals surface area contributed by atoms with Gasteiger partial charge >= 0.3 is 0 Å². The second-order valence-electron chi connectivity index (χ2n) is 7.10. The third-order valence-corrected chi connectivity index (χ3v) is 6.51. The molecule has 0 fully saturated rings. The maximum atomic E-state index is 6.12. The number of nitrogens with zero attached hydrogens (tertiary/aromatic N) is 3. The lowest BCUT2D eigenvalue weighted by atomic mass is 10.1. The largest absolute Gasteiger partial charge is 0.270 e. The van der Waals surface area contributed by atoms with Gasteiger partial charge in [0.2, 0.25) is 0 Å². The molecule has 0 aliphatic rings. The van der Waals surface area contributed by atoms with E-state index < -0.39 is 0 Å². The minimum absolute atomic E-state index is 0.687. The van der Waals surface area contributed by atoms with E-state index in [1.165, 1.54) is 16.3 Å². The molecule has 0 bridgehead atoms. The summed E-state index contributed by atoms with van der Waals surface area (Å²) in [4.78, 5) is 0. The molecule has 6 heteroatoms. The Morgan fingerprint density at radius 2 is 1.39 bits per heavy atom. The predicted octanol–water partition coefficient (Wildman–Crippen LogP) is 7.69. The maximum absolute atomic E-state index is 6.12. The van der Waals surface area contributed by atoms with Crippen LogP contribution in [-0.2, 0) is 5.75 Å². The average molecular weight is 462 g/mol. The number of fused-ring (bicyclic) bond motifs is 1. The molecule has 0 aliphatic heterocycles. The molecule has 0 atom stereocenters. The lowest BCUT2D eigenvalue weighted by Gasteiger charge is -2.11. The standard InChI is InChI=1S/C25H17Cl2N3S/c26-21-9-7-19(8-10-21)24-28-29-25(30(24)23-13-11-22(27)12-14-23)31-16-17-5-6-18-3-1-2-4-20(18)15-17/h1-15H,16H2. The zero-order chi connectivity index (χ0) is 21.2. The van der Waals surface area contributed by atoms with Crippen LogP contribution in [0.15, 0.2) is 96.2 Å². The Morgan fingerprint density at radius 3 is 2.13 bits per heavy atom. The van der Waals surface area contributed by atoms with E-state index in [1.54, 1.807) is 11.8 Å². The Labute approximate surface area is 194 Å². The van der Waals surface area contributed by atoms with Gasteiger partial charge in [0.25, 0.3) is 0 Å². The normalized spacial score (nSPS) is 11.2. The van der Waals surface area contributed by atoms with Crippen molar-refractivity contribution in [3.8, 4) is 17.1 Å². The van der Waals surface area contributed by atoms with Crippen LogP contribution >= 0.6 is 35.0 Å². The fraction of sp³-hybridized carbons (Fsp3) is 0.0400. The van der Waals surface area contributed by atoms with Gasteiger partial charge < -0.3 is 0 Å². The molecule has 1 aromatic heterocycles. The van der Waals surface area contributed by atoms with E-state index in [2.05, 4.69) is 57.2 Å². The van der Waals surface area contributed by atoms with Gasteiger partial charge in [0, 0.05) is 27.0 Å². The highest BCUT2D eigenvalue weighted by atomic mass is 35.5. The van der Waals surface area contributed by atoms with E-state index in [0.717, 1.165) is 28.0 Å². The number of hydrogen-bond acceptors (Lipinski definition) is 3. The van der Waals surface area contributed by atoms with Crippen molar-refractivity contribution in [1.29, 1.82) is 0 Å². The van der Waals surface area contributed by atoms with Gasteiger partial charge in [0.15, 0.2) is 11.0 Å². The molecule has 0 saturated heterocycles. The van der Waals surface area contributed by atoms with E-state index in [9.17, 15) is 0 Å². The third kappa shape index (κ3) is 4.33. The third-order valence-electron chi connectivity index (χ3n) is 5.00. The Bertz CT molecular complexity index is 1350. The highest BCUT2D eigenvalue weighted by molar-refractivity contribution is 7.98. The molecule has 0 aliphatic carbocycles. The number of aromatic nitrogens is 3. The Balaban J connectivity index is 1.51. The topological polar surface area (TPSA) is 30.7 Å². The number of halogens is 2. The Morgan fingerprint density at radius 1 is 0.710 bits per heavy atom. The van der Waals surface area contributed by atoms with Crippen LogP contribution in [0.4, 0.5) is 0 Å². The van der Waals surface area contributed by atoms with Gasteiger partial charge in [-0.05, 0) is 64.9 Å². The van der Waals surface area contributed by atoms with Gasteiger partial charge in [-0.25, -0.2) is 0 Å². The molecule has 0 amide bonds. The number of thioether (sulfide) groups is 1. The van der Waals surface area contributed by atoms with Gasteiger partial charge in [0.05, 0.1) is 0 Å². The fourth-order valence-electron chi connectivity index (χ4n) is 3.45. The number of hydrogen-bond donors (Lipinski definition) is 0. The van der Waals surface area contributed by atoms with Crippen LogP contribution in [0.5, 0.6) is 0 Å². The molecule has 152 valence electrons. The molecule has 3 nitrogen and oxygen atoms in total. The second-order valence-corrected chi connectivity index (χ2v) is 8.91. The summed E-state index contributed by atoms with van der Waals surface area (Å²) in [6.07, 6.45) is 0. The van der Waals surface area contributed by atoms with Gasteiger partial charge in [-0.1, -0.05) is 77.4 Å². The first kappa shape index (κ1) is 20.1. The number of rotatable bonds is 5. The molecule has 0 spiro atoms. The summed E-state index contributed by atoms with van der Waals surface area (Å²) in [7, 11) is 0. The predicted molar refractivity (Wildman–Crippen MR) is 130 cm³/mol. The zero-order valence-corrected chi connectivity index (χ0v) is 18.7. The molecule has 31 heavy (non-hydrogen) atoms. The number of benzene rings is 4. The smallest absolute Gasteiger partial charge is 0.196 e. The summed E-state index contributed by atoms with van der Waals surface area (Å²) < 4.78 is 2.06. The highest BCUT2D eigenvalue weighted by Gasteiger charge is 2.16. The van der Waals surface area contributed by atoms with E-state index in [-0.39, 0.29) is 0 Å². The van der Waals surface area contributed by atoms with E-state index >= 15 is 0 Å². The van der Waals surface area contributed by atoms with E-state index in [1.807, 2.05) is 48.5 Å². The van der Waals surface area contributed by atoms with E-state index in [4.69, 9.17) is 23.2 Å². The Hall–Kier alpha value is -2.79. The Kier molecular flexibility index (Phi) is 5.68. The van der Waals surface area contributed by atoms with Crippen LogP contribution in [0.1, 0.15) is 5.56 Å². The minimum Gasteiger partial charge on any atom is -0.270 e. The fourth-order valence-corrected chi connectivity index (χ4v) is 4.60. The van der Waals surface area contributed by atoms with Gasteiger partial charge in [-0.2, -0.15) is 0 Å². The minimum atomic E-state index is 0.687. The first-order chi connectivity index (χ1) is 15.2. The van der Waals surface area contributed by atoms with Gasteiger partial charge in [-0.3, -0.25) is 4.57 Å². The van der Waals surface area contributed by atoms with Crippen molar-refractivity contribution in [2.75, 3.05) is 0 Å². The molecule has 5 aromatic rings. The first-order valence-electron chi connectivity index (χ1n) is 9.75. The van der Waals surface area contributed by atoms with Crippen LogP contribution in [-0.4, -0.2) is 14.8 Å². The van der Waals surface area contributed by atoms with E-state index in [0.29, 0.717) is 10.0 Å². The van der Waals surface area contributed by atoms with Crippen LogP contribution < -0.4 is 0 Å². The molecule has 0 radical (unpaired) electrons. The summed E-state index contributed by atoms with van der Waals surface area (Å²) in [5.74, 6) is 1.55. The maximum Gasteiger partial charge on any atom is 0.196 e. The quantitative estimate of drug-likeness (QED) is 0.251. The lowest BCUT2D eigenvalue weighted by molar-refractivity contribution is 0.886. The van der Waals surface area contributed by atoms with Crippen molar-refractivity contribution in [3.05, 3.63) is 107 Å². The first-order valence-corrected chi connectivity index (χ1v) is 11.5. The zero-order valence-electron chi connectivity index (χ0n) is 16.4. The van der Waals surface area contributed by atoms with Crippen molar-refractivity contribution in [1.82, 2.24) is 14.8 Å². The van der Waals surface area contributed by atoms with Crippen molar-refractivity contribution in [2.24, 2.45) is 0 Å². The molecule has 5 rings (SSSR count). The molecular weight excluding hydrogens is 445 g/mol. The molecule has 0 unspecified atom stereocenters. The van der Waals surface area contributed by atoms with Crippen LogP contribution in [0, 0.1) is 0 Å². The van der Waals surface area contributed by atoms with Crippen LogP contribution in [0.3, 0.4) is 0 Å². The summed E-state index contributed by atoms with van der Waals surface area (Å²) >= 11 is 13.8. The lowest BCUT2D eigenvalue weighted by Crippen LogP contribution is -1.99. The monoisotopic (exact) mass is 461 g/mol. The summed E-state index contributed by atoms with van der Waals surface area (Å²) in [5.41, 5.74) is 3.15. The summed E-state index contributed by atoms with van der Waals surface area (Å²) in [5, 5.41) is 13.7. The van der Waals surface area contributed by atoms with Gasteiger partial charge in [0.1, 0.15) is 0 Å². The SMILES string of the molecule is Clc1ccc(-c2nnc(SCc3ccc4ccccc4c3)n2-c2ccc(Cl)cc2)cc1.